The van der Waals surface area contributed by atoms with E-state index in [1.165, 1.54) is 16.1 Å². The highest BCUT2D eigenvalue weighted by Gasteiger charge is 2.23. The van der Waals surface area contributed by atoms with Crippen molar-refractivity contribution in [2.24, 2.45) is 0 Å². The highest BCUT2D eigenvalue weighted by Crippen LogP contribution is 2.27. The van der Waals surface area contributed by atoms with Crippen molar-refractivity contribution < 1.29 is 13.2 Å². The number of nitrogens with zero attached hydrogens (tertiary/aromatic N) is 3. The monoisotopic (exact) mass is 440 g/mol. The number of thioether (sulfide) groups is 1. The van der Waals surface area contributed by atoms with Crippen molar-refractivity contribution in [3.63, 3.8) is 0 Å². The lowest BCUT2D eigenvalue weighted by molar-refractivity contribution is -0.118. The van der Waals surface area contributed by atoms with Gasteiger partial charge in [0.2, 0.25) is 15.9 Å². The van der Waals surface area contributed by atoms with E-state index in [0.717, 1.165) is 36.5 Å². The van der Waals surface area contributed by atoms with Gasteiger partial charge in [0.25, 0.3) is 0 Å². The molecule has 1 aromatic heterocycles. The summed E-state index contributed by atoms with van der Waals surface area (Å²) in [5, 5.41) is 3.62. The van der Waals surface area contributed by atoms with Crippen LogP contribution in [0.4, 0.5) is 0 Å². The maximum Gasteiger partial charge on any atom is 0.243 e. The molecule has 0 saturated heterocycles. The number of aryl methyl sites for hydroxylation is 1. The Balaban J connectivity index is 2.37. The molecule has 0 fully saturated rings. The van der Waals surface area contributed by atoms with E-state index in [0.29, 0.717) is 30.9 Å². The van der Waals surface area contributed by atoms with Crippen LogP contribution >= 0.6 is 11.8 Å². The molecular formula is C20H32N4O3S2. The predicted molar refractivity (Wildman–Crippen MR) is 119 cm³/mol. The van der Waals surface area contributed by atoms with Gasteiger partial charge in [-0.15, -0.1) is 0 Å². The third-order valence-electron chi connectivity index (χ3n) is 4.67. The number of sulfonamides is 1. The highest BCUT2D eigenvalue weighted by molar-refractivity contribution is 7.99. The molecule has 1 amide bonds. The van der Waals surface area contributed by atoms with E-state index in [-0.39, 0.29) is 10.8 Å². The van der Waals surface area contributed by atoms with E-state index < -0.39 is 10.0 Å². The summed E-state index contributed by atoms with van der Waals surface area (Å²) in [7, 11) is -3.54. The average Bonchev–Trinajstić information content (AvgIpc) is 3.06. The largest absolute Gasteiger partial charge is 0.355 e. The smallest absolute Gasteiger partial charge is 0.243 e. The Kier molecular flexibility index (Phi) is 8.98. The number of hydrogen-bond acceptors (Lipinski definition) is 5. The van der Waals surface area contributed by atoms with Gasteiger partial charge in [-0.3, -0.25) is 4.79 Å². The summed E-state index contributed by atoms with van der Waals surface area (Å²) < 4.78 is 29.2. The molecule has 0 aliphatic heterocycles. The van der Waals surface area contributed by atoms with Crippen LogP contribution in [-0.4, -0.2) is 53.6 Å². The first-order chi connectivity index (χ1) is 13.9. The van der Waals surface area contributed by atoms with Gasteiger partial charge >= 0.3 is 0 Å². The quantitative estimate of drug-likeness (QED) is 0.511. The second-order valence-electron chi connectivity index (χ2n) is 6.78. The van der Waals surface area contributed by atoms with Gasteiger partial charge in [-0.1, -0.05) is 45.9 Å². The third-order valence-corrected chi connectivity index (χ3v) is 7.69. The molecule has 0 bridgehead atoms. The zero-order chi connectivity index (χ0) is 21.4. The van der Waals surface area contributed by atoms with Gasteiger partial charge in [0.15, 0.2) is 5.16 Å². The number of rotatable bonds is 12. The second kappa shape index (κ2) is 11.0. The predicted octanol–water partition coefficient (Wildman–Crippen LogP) is 3.49. The standard InChI is InChI=1S/C20H32N4O3S2/c1-5-9-13-24-18-11-10-16(29(26,27)23(7-3)8-4)14-17(18)22-20(24)28-15-19(25)21-12-6-2/h10-11,14H,5-9,12-13,15H2,1-4H3,(H,21,25). The topological polar surface area (TPSA) is 84.3 Å². The Morgan fingerprint density at radius 3 is 2.52 bits per heavy atom. The first-order valence-corrected chi connectivity index (χ1v) is 12.7. The molecule has 2 rings (SSSR count). The average molecular weight is 441 g/mol. The van der Waals surface area contributed by atoms with Crippen LogP contribution in [0.3, 0.4) is 0 Å². The van der Waals surface area contributed by atoms with E-state index in [9.17, 15) is 13.2 Å². The molecule has 7 nitrogen and oxygen atoms in total. The van der Waals surface area contributed by atoms with E-state index in [2.05, 4.69) is 21.8 Å². The molecule has 0 radical (unpaired) electrons. The molecule has 0 aliphatic rings. The summed E-state index contributed by atoms with van der Waals surface area (Å²) in [6.07, 6.45) is 2.92. The molecule has 162 valence electrons. The molecule has 29 heavy (non-hydrogen) atoms. The van der Waals surface area contributed by atoms with Crippen molar-refractivity contribution >= 4 is 38.7 Å². The maximum absolute atomic E-state index is 12.9. The van der Waals surface area contributed by atoms with Gasteiger partial charge < -0.3 is 9.88 Å². The number of benzene rings is 1. The molecule has 0 unspecified atom stereocenters. The van der Waals surface area contributed by atoms with Crippen molar-refractivity contribution in [3.05, 3.63) is 18.2 Å². The fourth-order valence-corrected chi connectivity index (χ4v) is 5.40. The summed E-state index contributed by atoms with van der Waals surface area (Å²) >= 11 is 1.39. The van der Waals surface area contributed by atoms with Crippen LogP contribution in [0.25, 0.3) is 11.0 Å². The summed E-state index contributed by atoms with van der Waals surface area (Å²) in [5.74, 6) is 0.274. The van der Waals surface area contributed by atoms with Gasteiger partial charge in [0, 0.05) is 26.2 Å². The fraction of sp³-hybridized carbons (Fsp3) is 0.600. The Labute approximate surface area is 178 Å². The van der Waals surface area contributed by atoms with E-state index in [4.69, 9.17) is 0 Å². The van der Waals surface area contributed by atoms with E-state index >= 15 is 0 Å². The van der Waals surface area contributed by atoms with Crippen LogP contribution in [0, 0.1) is 0 Å². The summed E-state index contributed by atoms with van der Waals surface area (Å²) in [6, 6.07) is 5.13. The molecule has 1 N–H and O–H groups in total. The van der Waals surface area contributed by atoms with Crippen LogP contribution in [0.15, 0.2) is 28.3 Å². The van der Waals surface area contributed by atoms with Crippen molar-refractivity contribution in [2.45, 2.75) is 63.6 Å². The number of amides is 1. The minimum absolute atomic E-state index is 0.0178. The third kappa shape index (κ3) is 5.73. The first kappa shape index (κ1) is 23.7. The SMILES string of the molecule is CCCCn1c(SCC(=O)NCCC)nc2cc(S(=O)(=O)N(CC)CC)ccc21. The molecule has 0 saturated carbocycles. The molecular weight excluding hydrogens is 408 g/mol. The number of nitrogens with one attached hydrogen (secondary N) is 1. The maximum atomic E-state index is 12.9. The van der Waals surface area contributed by atoms with Gasteiger partial charge in [0.1, 0.15) is 0 Å². The summed E-state index contributed by atoms with van der Waals surface area (Å²) in [4.78, 5) is 16.9. The van der Waals surface area contributed by atoms with Crippen LogP contribution in [0.5, 0.6) is 0 Å². The molecule has 1 aromatic carbocycles. The minimum Gasteiger partial charge on any atom is -0.355 e. The van der Waals surface area contributed by atoms with Crippen LogP contribution in [0.1, 0.15) is 47.0 Å². The fourth-order valence-electron chi connectivity index (χ4n) is 3.05. The first-order valence-electron chi connectivity index (χ1n) is 10.3. The van der Waals surface area contributed by atoms with E-state index in [1.807, 2.05) is 26.8 Å². The second-order valence-corrected chi connectivity index (χ2v) is 9.66. The highest BCUT2D eigenvalue weighted by atomic mass is 32.2. The molecule has 0 atom stereocenters. The van der Waals surface area contributed by atoms with Crippen molar-refractivity contribution in [3.8, 4) is 0 Å². The molecule has 0 aliphatic carbocycles. The Morgan fingerprint density at radius 1 is 1.17 bits per heavy atom. The zero-order valence-corrected chi connectivity index (χ0v) is 19.4. The number of carbonyl (C=O) groups is 1. The lowest BCUT2D eigenvalue weighted by Gasteiger charge is -2.18. The number of carbonyl (C=O) groups excluding carboxylic acids is 1. The molecule has 2 aromatic rings. The van der Waals surface area contributed by atoms with Gasteiger partial charge in [-0.05, 0) is 31.0 Å². The van der Waals surface area contributed by atoms with Crippen LogP contribution in [-0.2, 0) is 21.4 Å². The minimum atomic E-state index is -3.54. The normalized spacial score (nSPS) is 12.0. The van der Waals surface area contributed by atoms with Gasteiger partial charge in [0.05, 0.1) is 21.7 Å². The Bertz CT molecular complexity index is 921. The number of imidazole rings is 1. The van der Waals surface area contributed by atoms with Gasteiger partial charge in [-0.25, -0.2) is 13.4 Å². The lowest BCUT2D eigenvalue weighted by Crippen LogP contribution is -2.30. The Hall–Kier alpha value is -1.58. The molecule has 9 heteroatoms. The van der Waals surface area contributed by atoms with Crippen LogP contribution < -0.4 is 5.32 Å². The van der Waals surface area contributed by atoms with E-state index in [1.54, 1.807) is 12.1 Å². The Morgan fingerprint density at radius 2 is 1.90 bits per heavy atom. The van der Waals surface area contributed by atoms with Crippen molar-refractivity contribution in [1.29, 1.82) is 0 Å². The van der Waals surface area contributed by atoms with Crippen molar-refractivity contribution in [2.75, 3.05) is 25.4 Å². The van der Waals surface area contributed by atoms with Gasteiger partial charge in [-0.2, -0.15) is 4.31 Å². The van der Waals surface area contributed by atoms with Crippen LogP contribution in [0.2, 0.25) is 0 Å². The lowest BCUT2D eigenvalue weighted by atomic mass is 10.3. The van der Waals surface area contributed by atoms with Crippen molar-refractivity contribution in [1.82, 2.24) is 19.2 Å². The molecule has 1 heterocycles. The summed E-state index contributed by atoms with van der Waals surface area (Å²) in [5.41, 5.74) is 1.54. The number of unbranched alkanes of at least 4 members (excludes halogenated alkanes) is 1. The number of fused-ring (bicyclic) bond motifs is 1. The number of aromatic nitrogens is 2. The number of hydrogen-bond donors (Lipinski definition) is 1. The summed E-state index contributed by atoms with van der Waals surface area (Å²) in [6.45, 7) is 10.1. The zero-order valence-electron chi connectivity index (χ0n) is 17.8. The molecule has 0 spiro atoms.